The van der Waals surface area contributed by atoms with Gasteiger partial charge in [-0.3, -0.25) is 0 Å². The molecular formula is C12H22N4. The highest BCUT2D eigenvalue weighted by Gasteiger charge is 2.16. The van der Waals surface area contributed by atoms with E-state index in [1.54, 1.807) is 0 Å². The molecule has 1 heterocycles. The minimum atomic E-state index is 0.256. The van der Waals surface area contributed by atoms with Gasteiger partial charge in [0.15, 0.2) is 0 Å². The van der Waals surface area contributed by atoms with Gasteiger partial charge in [0, 0.05) is 32.4 Å². The number of nitrogens with one attached hydrogen (secondary N) is 1. The van der Waals surface area contributed by atoms with Gasteiger partial charge < -0.3 is 10.2 Å². The number of hydrogen-bond donors (Lipinski definition) is 1. The molecule has 4 heteroatoms. The van der Waals surface area contributed by atoms with Gasteiger partial charge in [0.1, 0.15) is 5.82 Å². The number of nitrogens with zero attached hydrogens (tertiary/aromatic N) is 3. The van der Waals surface area contributed by atoms with Crippen LogP contribution in [0.15, 0.2) is 6.20 Å². The number of hydrogen-bond acceptors (Lipinski definition) is 4. The monoisotopic (exact) mass is 222 g/mol. The van der Waals surface area contributed by atoms with Crippen LogP contribution in [0, 0.1) is 12.3 Å². The molecule has 0 spiro atoms. The Morgan fingerprint density at radius 1 is 1.38 bits per heavy atom. The molecule has 0 aromatic carbocycles. The lowest BCUT2D eigenvalue weighted by Gasteiger charge is -2.28. The van der Waals surface area contributed by atoms with Gasteiger partial charge in [-0.15, -0.1) is 0 Å². The summed E-state index contributed by atoms with van der Waals surface area (Å²) in [7, 11) is 3.90. The molecule has 0 atom stereocenters. The lowest BCUT2D eigenvalue weighted by Crippen LogP contribution is -2.30. The summed E-state index contributed by atoms with van der Waals surface area (Å²) in [4.78, 5) is 10.8. The first-order valence-electron chi connectivity index (χ1n) is 5.56. The first-order chi connectivity index (χ1) is 7.33. The minimum absolute atomic E-state index is 0.256. The van der Waals surface area contributed by atoms with Gasteiger partial charge in [-0.05, 0) is 12.3 Å². The smallest absolute Gasteiger partial charge is 0.224 e. The van der Waals surface area contributed by atoms with Crippen molar-refractivity contribution in [2.45, 2.75) is 27.7 Å². The van der Waals surface area contributed by atoms with Crippen LogP contribution in [-0.2, 0) is 0 Å². The molecule has 0 radical (unpaired) electrons. The summed E-state index contributed by atoms with van der Waals surface area (Å²) in [6.07, 6.45) is 1.85. The van der Waals surface area contributed by atoms with E-state index in [2.05, 4.69) is 48.0 Å². The van der Waals surface area contributed by atoms with Crippen molar-refractivity contribution in [2.75, 3.05) is 30.9 Å². The van der Waals surface area contributed by atoms with Gasteiger partial charge >= 0.3 is 0 Å². The zero-order valence-corrected chi connectivity index (χ0v) is 11.1. The average molecular weight is 222 g/mol. The Morgan fingerprint density at radius 2 is 2.00 bits per heavy atom. The molecule has 0 aliphatic carbocycles. The molecule has 0 bridgehead atoms. The summed E-state index contributed by atoms with van der Waals surface area (Å²) < 4.78 is 0. The van der Waals surface area contributed by atoms with Gasteiger partial charge in [0.25, 0.3) is 0 Å². The third-order valence-electron chi connectivity index (χ3n) is 2.24. The Hall–Kier alpha value is -1.32. The Bertz CT molecular complexity index is 355. The maximum absolute atomic E-state index is 4.48. The van der Waals surface area contributed by atoms with E-state index < -0.39 is 0 Å². The molecular weight excluding hydrogens is 200 g/mol. The normalized spacial score (nSPS) is 11.4. The molecule has 90 valence electrons. The van der Waals surface area contributed by atoms with Gasteiger partial charge in [-0.1, -0.05) is 20.8 Å². The van der Waals surface area contributed by atoms with Crippen molar-refractivity contribution in [2.24, 2.45) is 5.41 Å². The van der Waals surface area contributed by atoms with Crippen LogP contribution in [0.3, 0.4) is 0 Å². The average Bonchev–Trinajstić information content (AvgIpc) is 2.15. The highest BCUT2D eigenvalue weighted by Crippen LogP contribution is 2.21. The van der Waals surface area contributed by atoms with Gasteiger partial charge in [-0.25, -0.2) is 4.98 Å². The van der Waals surface area contributed by atoms with E-state index in [0.717, 1.165) is 17.9 Å². The molecule has 4 nitrogen and oxygen atoms in total. The molecule has 0 aliphatic heterocycles. The zero-order chi connectivity index (χ0) is 12.3. The van der Waals surface area contributed by atoms with Crippen molar-refractivity contribution >= 4 is 11.8 Å². The van der Waals surface area contributed by atoms with Gasteiger partial charge in [0.05, 0.1) is 0 Å². The fraction of sp³-hybridized carbons (Fsp3) is 0.667. The third-order valence-corrected chi connectivity index (χ3v) is 2.24. The number of aryl methyl sites for hydroxylation is 1. The Balaban J connectivity index is 2.93. The van der Waals surface area contributed by atoms with Crippen LogP contribution in [0.4, 0.5) is 11.8 Å². The van der Waals surface area contributed by atoms with Crippen LogP contribution in [0.2, 0.25) is 0 Å². The van der Waals surface area contributed by atoms with Crippen molar-refractivity contribution in [3.8, 4) is 0 Å². The lowest BCUT2D eigenvalue weighted by molar-refractivity contribution is 0.417. The van der Waals surface area contributed by atoms with Crippen molar-refractivity contribution < 1.29 is 0 Å². The molecule has 1 N–H and O–H groups in total. The Kier molecular flexibility index (Phi) is 3.73. The SMILES string of the molecule is CNc1ncc(C)c(N(C)CC(C)(C)C)n1. The first-order valence-corrected chi connectivity index (χ1v) is 5.56. The Labute approximate surface area is 98.1 Å². The highest BCUT2D eigenvalue weighted by molar-refractivity contribution is 5.48. The maximum atomic E-state index is 4.48. The summed E-state index contributed by atoms with van der Waals surface area (Å²) in [6, 6.07) is 0. The minimum Gasteiger partial charge on any atom is -0.359 e. The maximum Gasteiger partial charge on any atom is 0.224 e. The quantitative estimate of drug-likeness (QED) is 0.852. The second-order valence-electron chi connectivity index (χ2n) is 5.37. The molecule has 16 heavy (non-hydrogen) atoms. The molecule has 0 aliphatic rings. The van der Waals surface area contributed by atoms with Crippen LogP contribution >= 0.6 is 0 Å². The summed E-state index contributed by atoms with van der Waals surface area (Å²) in [6.45, 7) is 9.67. The number of rotatable bonds is 3. The summed E-state index contributed by atoms with van der Waals surface area (Å²) in [5.74, 6) is 1.66. The van der Waals surface area contributed by atoms with E-state index in [9.17, 15) is 0 Å². The van der Waals surface area contributed by atoms with Crippen molar-refractivity contribution in [1.29, 1.82) is 0 Å². The van der Waals surface area contributed by atoms with Crippen LogP contribution in [0.1, 0.15) is 26.3 Å². The van der Waals surface area contributed by atoms with E-state index >= 15 is 0 Å². The predicted octanol–water partition coefficient (Wildman–Crippen LogP) is 2.31. The lowest BCUT2D eigenvalue weighted by atomic mass is 9.96. The second kappa shape index (κ2) is 4.68. The third kappa shape index (κ3) is 3.36. The van der Waals surface area contributed by atoms with Crippen molar-refractivity contribution in [3.05, 3.63) is 11.8 Å². The fourth-order valence-corrected chi connectivity index (χ4v) is 1.73. The van der Waals surface area contributed by atoms with E-state index in [1.165, 1.54) is 0 Å². The van der Waals surface area contributed by atoms with Crippen molar-refractivity contribution in [1.82, 2.24) is 9.97 Å². The first kappa shape index (κ1) is 12.7. The molecule has 0 saturated carbocycles. The molecule has 1 aromatic heterocycles. The number of anilines is 2. The number of aromatic nitrogens is 2. The van der Waals surface area contributed by atoms with Crippen LogP contribution in [0.25, 0.3) is 0 Å². The summed E-state index contributed by atoms with van der Waals surface area (Å²) >= 11 is 0. The molecule has 1 aromatic rings. The topological polar surface area (TPSA) is 41.1 Å². The van der Waals surface area contributed by atoms with E-state index in [1.807, 2.05) is 20.2 Å². The van der Waals surface area contributed by atoms with E-state index in [-0.39, 0.29) is 5.41 Å². The predicted molar refractivity (Wildman–Crippen MR) is 69.0 cm³/mol. The van der Waals surface area contributed by atoms with E-state index in [4.69, 9.17) is 0 Å². The second-order valence-corrected chi connectivity index (χ2v) is 5.37. The van der Waals surface area contributed by atoms with E-state index in [0.29, 0.717) is 5.95 Å². The zero-order valence-electron chi connectivity index (χ0n) is 11.1. The van der Waals surface area contributed by atoms with Gasteiger partial charge in [0.2, 0.25) is 5.95 Å². The molecule has 0 unspecified atom stereocenters. The van der Waals surface area contributed by atoms with Crippen molar-refractivity contribution in [3.63, 3.8) is 0 Å². The van der Waals surface area contributed by atoms with Crippen LogP contribution in [0.5, 0.6) is 0 Å². The highest BCUT2D eigenvalue weighted by atomic mass is 15.2. The van der Waals surface area contributed by atoms with Crippen LogP contribution in [-0.4, -0.2) is 30.6 Å². The molecule has 0 saturated heterocycles. The standard InChI is InChI=1S/C12H22N4/c1-9-7-14-11(13-5)15-10(9)16(6)8-12(2,3)4/h7H,8H2,1-6H3,(H,13,14,15). The Morgan fingerprint density at radius 3 is 2.50 bits per heavy atom. The summed E-state index contributed by atoms with van der Waals surface area (Å²) in [5.41, 5.74) is 1.36. The molecule has 1 rings (SSSR count). The fourth-order valence-electron chi connectivity index (χ4n) is 1.73. The molecule has 0 amide bonds. The molecule has 0 fully saturated rings. The summed E-state index contributed by atoms with van der Waals surface area (Å²) in [5, 5.41) is 2.96. The largest absolute Gasteiger partial charge is 0.359 e. The van der Waals surface area contributed by atoms with Crippen LogP contribution < -0.4 is 10.2 Å². The van der Waals surface area contributed by atoms with Gasteiger partial charge in [-0.2, -0.15) is 4.98 Å².